The molecule has 2 atom stereocenters. The molecule has 0 aromatic heterocycles. The average Bonchev–Trinajstić information content (AvgIpc) is 2.55. The van der Waals surface area contributed by atoms with E-state index in [1.165, 1.54) is 28.8 Å². The van der Waals surface area contributed by atoms with E-state index in [-0.39, 0.29) is 12.5 Å². The molecule has 0 spiro atoms. The van der Waals surface area contributed by atoms with Crippen LogP contribution in [0.2, 0.25) is 0 Å². The van der Waals surface area contributed by atoms with Gasteiger partial charge in [-0.05, 0) is 45.4 Å². The number of nitrogens with zero attached hydrogens (tertiary/aromatic N) is 2. The Kier molecular flexibility index (Phi) is 4.92. The number of rotatable bonds is 1. The van der Waals surface area contributed by atoms with E-state index < -0.39 is 23.0 Å². The summed E-state index contributed by atoms with van der Waals surface area (Å²) in [6.45, 7) is 6.22. The predicted octanol–water partition coefficient (Wildman–Crippen LogP) is 3.52. The van der Waals surface area contributed by atoms with Gasteiger partial charge in [-0.1, -0.05) is 11.8 Å². The molecule has 0 aliphatic carbocycles. The van der Waals surface area contributed by atoms with E-state index in [4.69, 9.17) is 15.5 Å². The predicted molar refractivity (Wildman–Crippen MR) is 101 cm³/mol. The molecule has 1 aromatic carbocycles. The fraction of sp³-hybridized carbons (Fsp3) is 0.556. The lowest BCUT2D eigenvalue weighted by atomic mass is 9.76. The van der Waals surface area contributed by atoms with Gasteiger partial charge in [-0.25, -0.2) is 14.2 Å². The molecule has 3 N–H and O–H groups in total. The molecule has 2 heterocycles. The largest absolute Gasteiger partial charge is 0.465 e. The van der Waals surface area contributed by atoms with Crippen LogP contribution >= 0.6 is 11.8 Å². The number of thioether (sulfide) groups is 1. The Bertz CT molecular complexity index is 750. The summed E-state index contributed by atoms with van der Waals surface area (Å²) >= 11 is 1.40. The zero-order valence-corrected chi connectivity index (χ0v) is 16.0. The summed E-state index contributed by atoms with van der Waals surface area (Å²) in [5, 5.41) is 10.1. The number of hydrogen-bond acceptors (Lipinski definition) is 5. The second-order valence-electron chi connectivity index (χ2n) is 7.70. The number of hydrogen-bond donors (Lipinski definition) is 2. The van der Waals surface area contributed by atoms with Crippen molar-refractivity contribution in [1.29, 1.82) is 0 Å². The highest BCUT2D eigenvalue weighted by Gasteiger charge is 2.49. The number of nitrogen functional groups attached to an aromatic ring is 1. The van der Waals surface area contributed by atoms with Gasteiger partial charge in [0.15, 0.2) is 5.17 Å². The lowest BCUT2D eigenvalue weighted by Crippen LogP contribution is -2.53. The minimum Gasteiger partial charge on any atom is -0.465 e. The smallest absolute Gasteiger partial charge is 0.413 e. The normalized spacial score (nSPS) is 26.0. The quantitative estimate of drug-likeness (QED) is 0.727. The molecule has 1 aromatic rings. The summed E-state index contributed by atoms with van der Waals surface area (Å²) in [5.74, 6) is 0.301. The molecule has 2 aliphatic heterocycles. The molecule has 0 radical (unpaired) electrons. The molecule has 1 fully saturated rings. The Hall–Kier alpha value is -1.80. The van der Waals surface area contributed by atoms with Crippen LogP contribution in [-0.2, 0) is 10.3 Å². The Balaban J connectivity index is 2.17. The third kappa shape index (κ3) is 3.27. The van der Waals surface area contributed by atoms with Crippen molar-refractivity contribution in [1.82, 2.24) is 4.90 Å². The number of amides is 1. The van der Waals surface area contributed by atoms with Crippen LogP contribution < -0.4 is 5.73 Å². The Morgan fingerprint density at radius 2 is 2.23 bits per heavy atom. The van der Waals surface area contributed by atoms with Gasteiger partial charge in [-0.2, -0.15) is 0 Å². The summed E-state index contributed by atoms with van der Waals surface area (Å²) in [7, 11) is 0. The van der Waals surface area contributed by atoms with Crippen molar-refractivity contribution in [2.75, 3.05) is 24.7 Å². The van der Waals surface area contributed by atoms with E-state index in [9.17, 15) is 14.3 Å². The molecular formula is C18H24FN3O3S. The van der Waals surface area contributed by atoms with E-state index >= 15 is 0 Å². The molecular weight excluding hydrogens is 357 g/mol. The third-order valence-corrected chi connectivity index (χ3v) is 5.93. The Morgan fingerprint density at radius 3 is 2.88 bits per heavy atom. The molecule has 0 bridgehead atoms. The second-order valence-corrected chi connectivity index (χ2v) is 8.68. The topological polar surface area (TPSA) is 88.2 Å². The van der Waals surface area contributed by atoms with Crippen LogP contribution in [0.3, 0.4) is 0 Å². The first-order valence-electron chi connectivity index (χ1n) is 8.54. The molecule has 2 aliphatic rings. The average molecular weight is 381 g/mol. The zero-order chi connectivity index (χ0) is 19.1. The van der Waals surface area contributed by atoms with Crippen LogP contribution in [0.5, 0.6) is 0 Å². The van der Waals surface area contributed by atoms with Crippen LogP contribution in [0.15, 0.2) is 23.2 Å². The summed E-state index contributed by atoms with van der Waals surface area (Å²) < 4.78 is 20.4. The van der Waals surface area contributed by atoms with Gasteiger partial charge in [0.25, 0.3) is 0 Å². The van der Waals surface area contributed by atoms with Crippen LogP contribution in [0.4, 0.5) is 14.9 Å². The number of ether oxygens (including phenoxy) is 1. The number of nitrogens with two attached hydrogens (primary N) is 1. The number of benzene rings is 1. The molecule has 2 unspecified atom stereocenters. The van der Waals surface area contributed by atoms with Gasteiger partial charge >= 0.3 is 6.09 Å². The Morgan fingerprint density at radius 1 is 1.50 bits per heavy atom. The number of amidine groups is 1. The van der Waals surface area contributed by atoms with Crippen molar-refractivity contribution in [3.8, 4) is 0 Å². The van der Waals surface area contributed by atoms with E-state index in [0.29, 0.717) is 28.8 Å². The van der Waals surface area contributed by atoms with Gasteiger partial charge < -0.3 is 15.6 Å². The number of carbonyl (C=O) groups is 1. The molecule has 1 amide bonds. The summed E-state index contributed by atoms with van der Waals surface area (Å²) in [6.07, 6.45) is -0.345. The number of carboxylic acid groups (broad SMARTS) is 1. The third-order valence-electron chi connectivity index (χ3n) is 4.83. The van der Waals surface area contributed by atoms with Gasteiger partial charge in [0.2, 0.25) is 0 Å². The SMILES string of the molecule is CC(C)(C)N(C(=O)O)C1=NC2(c3cc(N)ccc3F)COCCC2CS1. The first-order chi connectivity index (χ1) is 12.1. The molecule has 0 saturated carbocycles. The number of aliphatic imine (C=N–C) groups is 1. The van der Waals surface area contributed by atoms with Gasteiger partial charge in [0.1, 0.15) is 11.4 Å². The number of fused-ring (bicyclic) bond motifs is 1. The van der Waals surface area contributed by atoms with Crippen molar-refractivity contribution < 1.29 is 19.0 Å². The van der Waals surface area contributed by atoms with Crippen molar-refractivity contribution in [2.24, 2.45) is 10.9 Å². The highest BCUT2D eigenvalue weighted by atomic mass is 32.2. The lowest BCUT2D eigenvalue weighted by molar-refractivity contribution is 0.00214. The highest BCUT2D eigenvalue weighted by Crippen LogP contribution is 2.47. The molecule has 1 saturated heterocycles. The van der Waals surface area contributed by atoms with E-state index in [1.807, 2.05) is 0 Å². The van der Waals surface area contributed by atoms with Crippen molar-refractivity contribution in [2.45, 2.75) is 38.3 Å². The molecule has 6 nitrogen and oxygen atoms in total. The molecule has 3 rings (SSSR count). The van der Waals surface area contributed by atoms with Gasteiger partial charge in [0, 0.05) is 35.1 Å². The number of anilines is 1. The summed E-state index contributed by atoms with van der Waals surface area (Å²) in [4.78, 5) is 17.9. The maximum Gasteiger partial charge on any atom is 0.413 e. The van der Waals surface area contributed by atoms with Crippen molar-refractivity contribution in [3.05, 3.63) is 29.6 Å². The first kappa shape index (κ1) is 19.0. The highest BCUT2D eigenvalue weighted by molar-refractivity contribution is 8.13. The van der Waals surface area contributed by atoms with Gasteiger partial charge in [0.05, 0.1) is 6.61 Å². The maximum atomic E-state index is 14.7. The summed E-state index contributed by atoms with van der Waals surface area (Å²) in [6, 6.07) is 4.44. The van der Waals surface area contributed by atoms with Crippen molar-refractivity contribution in [3.63, 3.8) is 0 Å². The fourth-order valence-electron chi connectivity index (χ4n) is 3.54. The van der Waals surface area contributed by atoms with Crippen LogP contribution in [-0.4, -0.2) is 45.8 Å². The minimum absolute atomic E-state index is 0.0527. The standard InChI is InChI=1S/C18H24FN3O3S/c1-17(2,3)22(16(23)24)15-21-18(10-25-7-6-11(18)9-26-15)13-8-12(20)4-5-14(13)19/h4-5,8,11H,6-7,9-10,20H2,1-3H3,(H,23,24). The fourth-order valence-corrected chi connectivity index (χ4v) is 5.04. The molecule has 142 valence electrons. The maximum absolute atomic E-state index is 14.7. The molecule has 26 heavy (non-hydrogen) atoms. The second kappa shape index (κ2) is 6.74. The van der Waals surface area contributed by atoms with Crippen LogP contribution in [0, 0.1) is 11.7 Å². The number of halogens is 1. The monoisotopic (exact) mass is 381 g/mol. The first-order valence-corrected chi connectivity index (χ1v) is 9.53. The Labute approximate surface area is 156 Å². The summed E-state index contributed by atoms with van der Waals surface area (Å²) in [5.41, 5.74) is 5.09. The zero-order valence-electron chi connectivity index (χ0n) is 15.2. The van der Waals surface area contributed by atoms with E-state index in [2.05, 4.69) is 0 Å². The van der Waals surface area contributed by atoms with E-state index in [0.717, 1.165) is 6.42 Å². The van der Waals surface area contributed by atoms with Crippen molar-refractivity contribution >= 4 is 28.7 Å². The molecule has 8 heteroatoms. The van der Waals surface area contributed by atoms with E-state index in [1.54, 1.807) is 26.8 Å². The van der Waals surface area contributed by atoms with Gasteiger partial charge in [-0.15, -0.1) is 0 Å². The van der Waals surface area contributed by atoms with Crippen LogP contribution in [0.1, 0.15) is 32.8 Å². The van der Waals surface area contributed by atoms with Gasteiger partial charge in [-0.3, -0.25) is 4.90 Å². The minimum atomic E-state index is -1.08. The lowest BCUT2D eigenvalue weighted by Gasteiger charge is -2.46. The van der Waals surface area contributed by atoms with Crippen LogP contribution in [0.25, 0.3) is 0 Å².